The molecule has 11 heavy (non-hydrogen) atoms. The summed E-state index contributed by atoms with van der Waals surface area (Å²) < 4.78 is 1.45. The van der Waals surface area contributed by atoms with Crippen LogP contribution in [0.25, 0.3) is 0 Å². The van der Waals surface area contributed by atoms with Crippen LogP contribution in [0.15, 0.2) is 12.3 Å². The molecular formula is C6H11N3O2. The molecule has 0 aliphatic rings. The second-order valence-electron chi connectivity index (χ2n) is 2.12. The largest absolute Gasteiger partial charge is 0.506 e. The Morgan fingerprint density at radius 3 is 2.82 bits per heavy atom. The molecule has 1 heterocycles. The predicted molar refractivity (Wildman–Crippen MR) is 41.8 cm³/mol. The summed E-state index contributed by atoms with van der Waals surface area (Å²) in [5, 5.41) is 17.4. The lowest BCUT2D eigenvalue weighted by molar-refractivity contribution is 0.307. The van der Waals surface area contributed by atoms with Gasteiger partial charge in [-0.05, 0) is 0 Å². The highest BCUT2D eigenvalue weighted by Crippen LogP contribution is 2.13. The van der Waals surface area contributed by atoms with Gasteiger partial charge in [0.05, 0.1) is 19.3 Å². The average molecular weight is 157 g/mol. The molecular weight excluding hydrogens is 146 g/mol. The SMILES string of the molecule is Nc1cc(O)cn1NCCO. The second-order valence-corrected chi connectivity index (χ2v) is 2.12. The third kappa shape index (κ3) is 1.78. The Morgan fingerprint density at radius 2 is 2.36 bits per heavy atom. The van der Waals surface area contributed by atoms with E-state index in [-0.39, 0.29) is 12.4 Å². The van der Waals surface area contributed by atoms with Crippen molar-refractivity contribution in [2.45, 2.75) is 0 Å². The maximum absolute atomic E-state index is 8.93. The van der Waals surface area contributed by atoms with Gasteiger partial charge in [-0.25, -0.2) is 4.68 Å². The number of anilines is 1. The van der Waals surface area contributed by atoms with Crippen molar-refractivity contribution in [1.29, 1.82) is 0 Å². The monoisotopic (exact) mass is 157 g/mol. The molecule has 62 valence electrons. The van der Waals surface area contributed by atoms with E-state index in [0.29, 0.717) is 12.4 Å². The van der Waals surface area contributed by atoms with Crippen LogP contribution in [-0.4, -0.2) is 28.0 Å². The quantitative estimate of drug-likeness (QED) is 0.468. The number of rotatable bonds is 3. The minimum Gasteiger partial charge on any atom is -0.506 e. The predicted octanol–water partition coefficient (Wildman–Crippen LogP) is -0.688. The summed E-state index contributed by atoms with van der Waals surface area (Å²) in [6, 6.07) is 1.42. The molecule has 5 N–H and O–H groups in total. The molecule has 1 aromatic heterocycles. The lowest BCUT2D eigenvalue weighted by Gasteiger charge is -2.06. The van der Waals surface area contributed by atoms with Gasteiger partial charge in [0.2, 0.25) is 0 Å². The van der Waals surface area contributed by atoms with E-state index in [1.165, 1.54) is 16.9 Å². The molecule has 0 atom stereocenters. The molecule has 0 amide bonds. The fraction of sp³-hybridized carbons (Fsp3) is 0.333. The van der Waals surface area contributed by atoms with Gasteiger partial charge in [0, 0.05) is 6.07 Å². The molecule has 1 rings (SSSR count). The molecule has 0 radical (unpaired) electrons. The van der Waals surface area contributed by atoms with Crippen LogP contribution in [0.2, 0.25) is 0 Å². The van der Waals surface area contributed by atoms with Crippen molar-refractivity contribution < 1.29 is 10.2 Å². The van der Waals surface area contributed by atoms with Crippen molar-refractivity contribution in [1.82, 2.24) is 4.68 Å². The van der Waals surface area contributed by atoms with Crippen molar-refractivity contribution in [2.75, 3.05) is 24.3 Å². The first-order chi connectivity index (χ1) is 5.24. The highest BCUT2D eigenvalue weighted by atomic mass is 16.3. The van der Waals surface area contributed by atoms with Gasteiger partial charge in [0.1, 0.15) is 11.6 Å². The van der Waals surface area contributed by atoms with E-state index in [1.807, 2.05) is 0 Å². The van der Waals surface area contributed by atoms with Crippen LogP contribution < -0.4 is 11.2 Å². The summed E-state index contributed by atoms with van der Waals surface area (Å²) in [6.07, 6.45) is 1.44. The number of nitrogens with one attached hydrogen (secondary N) is 1. The minimum atomic E-state index is 0.0262. The number of nitrogen functional groups attached to an aromatic ring is 1. The van der Waals surface area contributed by atoms with Gasteiger partial charge < -0.3 is 21.4 Å². The fourth-order valence-corrected chi connectivity index (χ4v) is 0.773. The normalized spacial score (nSPS) is 9.91. The summed E-state index contributed by atoms with van der Waals surface area (Å²) in [6.45, 7) is 0.427. The zero-order valence-corrected chi connectivity index (χ0v) is 5.99. The Hall–Kier alpha value is -1.36. The van der Waals surface area contributed by atoms with Gasteiger partial charge in [-0.15, -0.1) is 0 Å². The molecule has 0 unspecified atom stereocenters. The number of aliphatic hydroxyl groups is 1. The summed E-state index contributed by atoms with van der Waals surface area (Å²) in [5.74, 6) is 0.517. The zero-order valence-electron chi connectivity index (χ0n) is 5.99. The van der Waals surface area contributed by atoms with Crippen molar-refractivity contribution >= 4 is 5.82 Å². The van der Waals surface area contributed by atoms with Gasteiger partial charge in [-0.2, -0.15) is 0 Å². The fourth-order valence-electron chi connectivity index (χ4n) is 0.773. The second kappa shape index (κ2) is 3.16. The molecule has 0 fully saturated rings. The van der Waals surface area contributed by atoms with E-state index >= 15 is 0 Å². The average Bonchev–Trinajstić information content (AvgIpc) is 2.26. The number of nitrogens with zero attached hydrogens (tertiary/aromatic N) is 1. The number of nitrogens with two attached hydrogens (primary N) is 1. The molecule has 5 heteroatoms. The lowest BCUT2D eigenvalue weighted by Crippen LogP contribution is -2.18. The smallest absolute Gasteiger partial charge is 0.137 e. The summed E-state index contributed by atoms with van der Waals surface area (Å²) in [5.41, 5.74) is 8.21. The lowest BCUT2D eigenvalue weighted by atomic mass is 10.6. The summed E-state index contributed by atoms with van der Waals surface area (Å²) in [7, 11) is 0. The topological polar surface area (TPSA) is 83.4 Å². The number of aromatic hydroxyl groups is 1. The first kappa shape index (κ1) is 7.74. The van der Waals surface area contributed by atoms with Gasteiger partial charge >= 0.3 is 0 Å². The molecule has 0 spiro atoms. The third-order valence-corrected chi connectivity index (χ3v) is 1.23. The Kier molecular flexibility index (Phi) is 2.22. The number of hydrogen-bond donors (Lipinski definition) is 4. The molecule has 0 saturated carbocycles. The molecule has 0 aliphatic carbocycles. The Balaban J connectivity index is 2.62. The maximum atomic E-state index is 8.93. The van der Waals surface area contributed by atoms with Crippen molar-refractivity contribution in [3.63, 3.8) is 0 Å². The van der Waals surface area contributed by atoms with Crippen LogP contribution in [-0.2, 0) is 0 Å². The highest BCUT2D eigenvalue weighted by Gasteiger charge is 1.98. The molecule has 1 aromatic rings. The van der Waals surface area contributed by atoms with Crippen LogP contribution in [0.3, 0.4) is 0 Å². The van der Waals surface area contributed by atoms with Gasteiger partial charge in [-0.1, -0.05) is 0 Å². The van der Waals surface area contributed by atoms with E-state index in [2.05, 4.69) is 5.43 Å². The van der Waals surface area contributed by atoms with E-state index in [1.54, 1.807) is 0 Å². The molecule has 0 aromatic carbocycles. The number of hydrogen-bond acceptors (Lipinski definition) is 4. The number of aliphatic hydroxyl groups excluding tert-OH is 1. The molecule has 5 nitrogen and oxygen atoms in total. The van der Waals surface area contributed by atoms with Gasteiger partial charge in [0.15, 0.2) is 0 Å². The first-order valence-electron chi connectivity index (χ1n) is 3.25. The third-order valence-electron chi connectivity index (χ3n) is 1.23. The Labute approximate surface area is 64.0 Å². The first-order valence-corrected chi connectivity index (χ1v) is 3.25. The maximum Gasteiger partial charge on any atom is 0.137 e. The summed E-state index contributed by atoms with van der Waals surface area (Å²) in [4.78, 5) is 0. The van der Waals surface area contributed by atoms with E-state index in [4.69, 9.17) is 15.9 Å². The van der Waals surface area contributed by atoms with Gasteiger partial charge in [-0.3, -0.25) is 0 Å². The molecule has 0 saturated heterocycles. The van der Waals surface area contributed by atoms with Crippen LogP contribution in [0.1, 0.15) is 0 Å². The summed E-state index contributed by atoms with van der Waals surface area (Å²) >= 11 is 0. The Morgan fingerprint density at radius 1 is 1.64 bits per heavy atom. The standard InChI is InChI=1S/C6H11N3O2/c7-6-3-5(11)4-9(6)8-1-2-10/h3-4,8,10-11H,1-2,7H2. The van der Waals surface area contributed by atoms with Crippen LogP contribution in [0.4, 0.5) is 5.82 Å². The molecule has 0 bridgehead atoms. The van der Waals surface area contributed by atoms with Crippen molar-refractivity contribution in [3.8, 4) is 5.75 Å². The van der Waals surface area contributed by atoms with Crippen molar-refractivity contribution in [2.24, 2.45) is 0 Å². The van der Waals surface area contributed by atoms with E-state index in [9.17, 15) is 0 Å². The number of aromatic nitrogens is 1. The van der Waals surface area contributed by atoms with Crippen LogP contribution in [0, 0.1) is 0 Å². The van der Waals surface area contributed by atoms with E-state index < -0.39 is 0 Å². The van der Waals surface area contributed by atoms with Crippen molar-refractivity contribution in [3.05, 3.63) is 12.3 Å². The Bertz CT molecular complexity index is 234. The zero-order chi connectivity index (χ0) is 8.27. The molecule has 0 aliphatic heterocycles. The van der Waals surface area contributed by atoms with Crippen LogP contribution >= 0.6 is 0 Å². The van der Waals surface area contributed by atoms with E-state index in [0.717, 1.165) is 0 Å². The van der Waals surface area contributed by atoms with Crippen LogP contribution in [0.5, 0.6) is 5.75 Å². The van der Waals surface area contributed by atoms with Gasteiger partial charge in [0.25, 0.3) is 0 Å². The highest BCUT2D eigenvalue weighted by molar-refractivity contribution is 5.39. The minimum absolute atomic E-state index is 0.0262.